The Morgan fingerprint density at radius 2 is 2.00 bits per heavy atom. The number of amides is 1. The first-order valence-electron chi connectivity index (χ1n) is 10.7. The zero-order valence-electron chi connectivity index (χ0n) is 19.0. The Balaban J connectivity index is 1.87. The first kappa shape index (κ1) is 21.9. The van der Waals surface area contributed by atoms with E-state index in [1.54, 1.807) is 25.5 Å². The summed E-state index contributed by atoms with van der Waals surface area (Å²) in [5.41, 5.74) is 7.82. The van der Waals surface area contributed by atoms with E-state index in [1.165, 1.54) is 11.3 Å². The van der Waals surface area contributed by atoms with E-state index in [4.69, 9.17) is 4.74 Å². The maximum atomic E-state index is 12.3. The lowest BCUT2D eigenvalue weighted by atomic mass is 9.79. The summed E-state index contributed by atoms with van der Waals surface area (Å²) < 4.78 is 5.67. The number of anilines is 1. The molecule has 2 aromatic rings. The molecule has 5 heteroatoms. The fourth-order valence-corrected chi connectivity index (χ4v) is 4.38. The van der Waals surface area contributed by atoms with Crippen molar-refractivity contribution in [2.75, 3.05) is 18.6 Å². The number of hydrazone groups is 1. The van der Waals surface area contributed by atoms with E-state index >= 15 is 0 Å². The van der Waals surface area contributed by atoms with Gasteiger partial charge in [0.15, 0.2) is 0 Å². The molecule has 5 nitrogen and oxygen atoms in total. The van der Waals surface area contributed by atoms with Gasteiger partial charge in [-0.2, -0.15) is 5.10 Å². The van der Waals surface area contributed by atoms with Gasteiger partial charge in [0.1, 0.15) is 5.75 Å². The molecule has 1 heterocycles. The molecule has 1 unspecified atom stereocenters. The SMILES string of the molecule is CCCN1c2cc(OC)c(/C=N\NC(=O)c3ccc(C)cc3)cc2C(C)CC1(C)C. The van der Waals surface area contributed by atoms with Crippen LogP contribution in [0.5, 0.6) is 5.75 Å². The van der Waals surface area contributed by atoms with Gasteiger partial charge in [-0.25, -0.2) is 5.43 Å². The average Bonchev–Trinajstić information content (AvgIpc) is 2.71. The Hall–Kier alpha value is -2.82. The van der Waals surface area contributed by atoms with E-state index in [2.05, 4.69) is 55.3 Å². The minimum absolute atomic E-state index is 0.102. The minimum atomic E-state index is -0.229. The number of ether oxygens (including phenoxy) is 1. The van der Waals surface area contributed by atoms with E-state index in [-0.39, 0.29) is 11.4 Å². The number of hydrogen-bond donors (Lipinski definition) is 1. The van der Waals surface area contributed by atoms with Crippen molar-refractivity contribution in [1.29, 1.82) is 0 Å². The monoisotopic (exact) mass is 407 g/mol. The van der Waals surface area contributed by atoms with Crippen LogP contribution >= 0.6 is 0 Å². The van der Waals surface area contributed by atoms with E-state index < -0.39 is 0 Å². The highest BCUT2D eigenvalue weighted by Gasteiger charge is 2.36. The van der Waals surface area contributed by atoms with Crippen LogP contribution in [0.15, 0.2) is 41.5 Å². The second kappa shape index (κ2) is 8.90. The van der Waals surface area contributed by atoms with Crippen LogP contribution in [0.1, 0.15) is 73.5 Å². The van der Waals surface area contributed by atoms with Crippen LogP contribution in [0.25, 0.3) is 0 Å². The van der Waals surface area contributed by atoms with E-state index in [0.717, 1.165) is 36.3 Å². The number of carbonyl (C=O) groups is 1. The highest BCUT2D eigenvalue weighted by molar-refractivity contribution is 5.95. The zero-order chi connectivity index (χ0) is 21.9. The maximum Gasteiger partial charge on any atom is 0.271 e. The zero-order valence-corrected chi connectivity index (χ0v) is 19.0. The number of nitrogens with one attached hydrogen (secondary N) is 1. The molecule has 0 saturated carbocycles. The number of carbonyl (C=O) groups excluding carboxylic acids is 1. The van der Waals surface area contributed by atoms with Crippen LogP contribution in [-0.4, -0.2) is 31.3 Å². The Labute approximate surface area is 180 Å². The van der Waals surface area contributed by atoms with Gasteiger partial charge in [0, 0.05) is 35.0 Å². The molecule has 0 bridgehead atoms. The van der Waals surface area contributed by atoms with Crippen molar-refractivity contribution in [2.45, 2.75) is 58.9 Å². The molecule has 0 spiro atoms. The Morgan fingerprint density at radius 1 is 1.30 bits per heavy atom. The van der Waals surface area contributed by atoms with Crippen molar-refractivity contribution >= 4 is 17.8 Å². The number of fused-ring (bicyclic) bond motifs is 1. The number of aryl methyl sites for hydroxylation is 1. The summed E-state index contributed by atoms with van der Waals surface area (Å²) in [5, 5.41) is 4.19. The Bertz CT molecular complexity index is 932. The van der Waals surface area contributed by atoms with Gasteiger partial charge in [-0.05, 0) is 63.3 Å². The van der Waals surface area contributed by atoms with Gasteiger partial charge in [-0.15, -0.1) is 0 Å². The van der Waals surface area contributed by atoms with Crippen molar-refractivity contribution in [3.8, 4) is 5.75 Å². The number of rotatable bonds is 6. The van der Waals surface area contributed by atoms with Crippen LogP contribution in [0.2, 0.25) is 0 Å². The molecule has 3 rings (SSSR count). The molecule has 0 fully saturated rings. The third kappa shape index (κ3) is 4.50. The predicted molar refractivity (Wildman–Crippen MR) is 124 cm³/mol. The van der Waals surface area contributed by atoms with Crippen molar-refractivity contribution < 1.29 is 9.53 Å². The molecule has 1 aliphatic heterocycles. The van der Waals surface area contributed by atoms with Crippen LogP contribution in [0, 0.1) is 6.92 Å². The Morgan fingerprint density at radius 3 is 2.63 bits per heavy atom. The molecule has 2 aromatic carbocycles. The molecule has 1 aliphatic rings. The summed E-state index contributed by atoms with van der Waals surface area (Å²) in [7, 11) is 1.67. The standard InChI is InChI=1S/C25H33N3O2/c1-7-12-28-22-14-23(30-6)20(13-21(22)18(3)15-25(28,4)5)16-26-27-24(29)19-10-8-17(2)9-11-19/h8-11,13-14,16,18H,7,12,15H2,1-6H3,(H,27,29)/b26-16-. The number of benzene rings is 2. The third-order valence-electron chi connectivity index (χ3n) is 5.87. The largest absolute Gasteiger partial charge is 0.496 e. The van der Waals surface area contributed by atoms with E-state index in [1.807, 2.05) is 19.1 Å². The molecular formula is C25H33N3O2. The number of hydrogen-bond acceptors (Lipinski definition) is 4. The summed E-state index contributed by atoms with van der Waals surface area (Å²) in [6.07, 6.45) is 3.85. The first-order chi connectivity index (χ1) is 14.3. The van der Waals surface area contributed by atoms with Gasteiger partial charge < -0.3 is 9.64 Å². The van der Waals surface area contributed by atoms with Crippen LogP contribution < -0.4 is 15.1 Å². The van der Waals surface area contributed by atoms with Gasteiger partial charge in [-0.3, -0.25) is 4.79 Å². The average molecular weight is 408 g/mol. The molecule has 0 radical (unpaired) electrons. The highest BCUT2D eigenvalue weighted by atomic mass is 16.5. The summed E-state index contributed by atoms with van der Waals surface area (Å²) in [6.45, 7) is 12.1. The van der Waals surface area contributed by atoms with Crippen molar-refractivity contribution in [3.63, 3.8) is 0 Å². The van der Waals surface area contributed by atoms with Crippen LogP contribution in [0.3, 0.4) is 0 Å². The molecule has 1 atom stereocenters. The van der Waals surface area contributed by atoms with Crippen molar-refractivity contribution in [3.05, 3.63) is 58.7 Å². The molecule has 1 N–H and O–H groups in total. The summed E-state index contributed by atoms with van der Waals surface area (Å²) >= 11 is 0. The summed E-state index contributed by atoms with van der Waals surface area (Å²) in [5.74, 6) is 0.962. The fraction of sp³-hybridized carbons (Fsp3) is 0.440. The minimum Gasteiger partial charge on any atom is -0.496 e. The second-order valence-corrected chi connectivity index (χ2v) is 8.79. The molecule has 1 amide bonds. The van der Waals surface area contributed by atoms with Crippen LogP contribution in [-0.2, 0) is 0 Å². The van der Waals surface area contributed by atoms with Gasteiger partial charge in [0.05, 0.1) is 13.3 Å². The lowest BCUT2D eigenvalue weighted by Gasteiger charge is -2.47. The van der Waals surface area contributed by atoms with E-state index in [0.29, 0.717) is 11.5 Å². The fourth-order valence-electron chi connectivity index (χ4n) is 4.38. The van der Waals surface area contributed by atoms with Gasteiger partial charge in [0.2, 0.25) is 0 Å². The lowest BCUT2D eigenvalue weighted by Crippen LogP contribution is -2.48. The normalized spacial score (nSPS) is 17.7. The van der Waals surface area contributed by atoms with Gasteiger partial charge in [-0.1, -0.05) is 31.5 Å². The first-order valence-corrected chi connectivity index (χ1v) is 10.7. The summed E-state index contributed by atoms with van der Waals surface area (Å²) in [4.78, 5) is 14.8. The van der Waals surface area contributed by atoms with Crippen LogP contribution in [0.4, 0.5) is 5.69 Å². The molecular weight excluding hydrogens is 374 g/mol. The smallest absolute Gasteiger partial charge is 0.271 e. The molecule has 0 saturated heterocycles. The van der Waals surface area contributed by atoms with E-state index in [9.17, 15) is 4.79 Å². The topological polar surface area (TPSA) is 53.9 Å². The van der Waals surface area contributed by atoms with Crippen molar-refractivity contribution in [1.82, 2.24) is 5.43 Å². The maximum absolute atomic E-state index is 12.3. The number of nitrogens with zero attached hydrogens (tertiary/aromatic N) is 2. The lowest BCUT2D eigenvalue weighted by molar-refractivity contribution is 0.0955. The molecule has 0 aliphatic carbocycles. The van der Waals surface area contributed by atoms with Gasteiger partial charge in [0.25, 0.3) is 5.91 Å². The summed E-state index contributed by atoms with van der Waals surface area (Å²) in [6, 6.07) is 11.7. The Kier molecular flexibility index (Phi) is 6.49. The third-order valence-corrected chi connectivity index (χ3v) is 5.87. The van der Waals surface area contributed by atoms with Crippen molar-refractivity contribution in [2.24, 2.45) is 5.10 Å². The molecule has 160 valence electrons. The molecule has 0 aromatic heterocycles. The number of methoxy groups -OCH3 is 1. The van der Waals surface area contributed by atoms with Gasteiger partial charge >= 0.3 is 0 Å². The highest BCUT2D eigenvalue weighted by Crippen LogP contribution is 2.45. The predicted octanol–water partition coefficient (Wildman–Crippen LogP) is 5.27. The molecule has 30 heavy (non-hydrogen) atoms. The quantitative estimate of drug-likeness (QED) is 0.524. The second-order valence-electron chi connectivity index (χ2n) is 8.79.